The molecule has 0 aliphatic carbocycles. The molecule has 0 aliphatic heterocycles. The van der Waals surface area contributed by atoms with Crippen LogP contribution < -0.4 is 4.74 Å². The molecule has 20 heavy (non-hydrogen) atoms. The first kappa shape index (κ1) is 12.5. The lowest BCUT2D eigenvalue weighted by Crippen LogP contribution is -1.94. The maximum absolute atomic E-state index is 10.9. The second-order valence-corrected chi connectivity index (χ2v) is 4.46. The van der Waals surface area contributed by atoms with Gasteiger partial charge in [-0.15, -0.1) is 0 Å². The van der Waals surface area contributed by atoms with E-state index >= 15 is 0 Å². The Morgan fingerprint density at radius 2 is 2.10 bits per heavy atom. The van der Waals surface area contributed by atoms with Crippen LogP contribution in [0.2, 0.25) is 5.02 Å². The van der Waals surface area contributed by atoms with Crippen molar-refractivity contribution in [3.05, 3.63) is 53.1 Å². The van der Waals surface area contributed by atoms with Crippen molar-refractivity contribution >= 4 is 28.7 Å². The standard InChI is InChI=1S/C14H8ClNO4/c15-9-2-1-3-10(7-9)19-14-16-11-5-4-8(13(17)18)6-12(11)20-14/h1-7H,(H,17,18). The minimum atomic E-state index is -1.03. The summed E-state index contributed by atoms with van der Waals surface area (Å²) in [4.78, 5) is 15.0. The average molecular weight is 290 g/mol. The number of hydrogen-bond acceptors (Lipinski definition) is 4. The smallest absolute Gasteiger partial charge is 0.400 e. The van der Waals surface area contributed by atoms with Gasteiger partial charge in [0.05, 0.1) is 5.56 Å². The number of nitrogens with zero attached hydrogens (tertiary/aromatic N) is 1. The summed E-state index contributed by atoms with van der Waals surface area (Å²) in [6.45, 7) is 0. The number of hydrogen-bond donors (Lipinski definition) is 1. The van der Waals surface area contributed by atoms with Gasteiger partial charge >= 0.3 is 12.0 Å². The summed E-state index contributed by atoms with van der Waals surface area (Å²) in [5.74, 6) is -0.539. The van der Waals surface area contributed by atoms with E-state index < -0.39 is 5.97 Å². The van der Waals surface area contributed by atoms with Crippen LogP contribution in [-0.4, -0.2) is 16.1 Å². The van der Waals surface area contributed by atoms with Crippen LogP contribution in [0.4, 0.5) is 0 Å². The summed E-state index contributed by atoms with van der Waals surface area (Å²) < 4.78 is 10.8. The van der Waals surface area contributed by atoms with Crippen LogP contribution in [0.5, 0.6) is 11.8 Å². The Balaban J connectivity index is 1.95. The lowest BCUT2D eigenvalue weighted by atomic mass is 10.2. The number of carboxylic acid groups (broad SMARTS) is 1. The summed E-state index contributed by atoms with van der Waals surface area (Å²) in [6.07, 6.45) is 0.0322. The van der Waals surface area contributed by atoms with E-state index in [9.17, 15) is 4.79 Å². The number of rotatable bonds is 3. The zero-order valence-electron chi connectivity index (χ0n) is 10.0. The van der Waals surface area contributed by atoms with Gasteiger partial charge in [0, 0.05) is 5.02 Å². The maximum Gasteiger partial charge on any atom is 0.400 e. The molecule has 0 atom stereocenters. The molecule has 3 aromatic rings. The van der Waals surface area contributed by atoms with Crippen molar-refractivity contribution in [3.63, 3.8) is 0 Å². The molecule has 0 saturated heterocycles. The highest BCUT2D eigenvalue weighted by atomic mass is 35.5. The monoisotopic (exact) mass is 289 g/mol. The van der Waals surface area contributed by atoms with Crippen molar-refractivity contribution in [3.8, 4) is 11.8 Å². The van der Waals surface area contributed by atoms with Crippen LogP contribution in [0, 0.1) is 0 Å². The quantitative estimate of drug-likeness (QED) is 0.789. The van der Waals surface area contributed by atoms with Crippen LogP contribution in [0.1, 0.15) is 10.4 Å². The van der Waals surface area contributed by atoms with Crippen LogP contribution in [0.15, 0.2) is 46.9 Å². The van der Waals surface area contributed by atoms with E-state index in [-0.39, 0.29) is 11.6 Å². The summed E-state index contributed by atoms with van der Waals surface area (Å²) in [5, 5.41) is 9.44. The number of halogens is 1. The summed E-state index contributed by atoms with van der Waals surface area (Å²) in [7, 11) is 0. The molecule has 1 N–H and O–H groups in total. The molecule has 3 rings (SSSR count). The lowest BCUT2D eigenvalue weighted by molar-refractivity contribution is 0.0697. The molecule has 5 nitrogen and oxygen atoms in total. The molecule has 0 fully saturated rings. The van der Waals surface area contributed by atoms with Crippen molar-refractivity contribution in [2.45, 2.75) is 0 Å². The predicted octanol–water partition coefficient (Wildman–Crippen LogP) is 3.97. The number of oxazole rings is 1. The zero-order valence-corrected chi connectivity index (χ0v) is 10.8. The highest BCUT2D eigenvalue weighted by molar-refractivity contribution is 6.30. The number of benzene rings is 2. The largest absolute Gasteiger partial charge is 0.478 e. The highest BCUT2D eigenvalue weighted by Gasteiger charge is 2.11. The first-order valence-corrected chi connectivity index (χ1v) is 6.07. The molecule has 0 radical (unpaired) electrons. The second kappa shape index (κ2) is 4.86. The van der Waals surface area contributed by atoms with Crippen LogP contribution in [0.3, 0.4) is 0 Å². The molecule has 0 unspecified atom stereocenters. The molecule has 6 heteroatoms. The highest BCUT2D eigenvalue weighted by Crippen LogP contribution is 2.27. The van der Waals surface area contributed by atoms with Gasteiger partial charge in [-0.2, -0.15) is 4.98 Å². The number of fused-ring (bicyclic) bond motifs is 1. The van der Waals surface area contributed by atoms with E-state index in [1.165, 1.54) is 12.1 Å². The van der Waals surface area contributed by atoms with Crippen molar-refractivity contribution < 1.29 is 19.1 Å². The third-order valence-electron chi connectivity index (χ3n) is 2.62. The summed E-state index contributed by atoms with van der Waals surface area (Å²) >= 11 is 5.85. The van der Waals surface area contributed by atoms with Gasteiger partial charge in [-0.1, -0.05) is 17.7 Å². The first-order chi connectivity index (χ1) is 9.61. The first-order valence-electron chi connectivity index (χ1n) is 5.69. The Hall–Kier alpha value is -2.53. The van der Waals surface area contributed by atoms with E-state index in [2.05, 4.69) is 4.98 Å². The van der Waals surface area contributed by atoms with Gasteiger partial charge in [0.2, 0.25) is 0 Å². The fraction of sp³-hybridized carbons (Fsp3) is 0. The molecule has 1 aromatic heterocycles. The van der Waals surface area contributed by atoms with Gasteiger partial charge in [0.25, 0.3) is 0 Å². The minimum absolute atomic E-state index is 0.0322. The fourth-order valence-corrected chi connectivity index (χ4v) is 1.89. The number of ether oxygens (including phenoxy) is 1. The van der Waals surface area contributed by atoms with E-state index in [1.54, 1.807) is 30.3 Å². The van der Waals surface area contributed by atoms with E-state index in [1.807, 2.05) is 0 Å². The lowest BCUT2D eigenvalue weighted by Gasteiger charge is -1.99. The van der Waals surface area contributed by atoms with E-state index in [0.717, 1.165) is 0 Å². The Morgan fingerprint density at radius 3 is 2.85 bits per heavy atom. The number of carbonyl (C=O) groups is 1. The summed E-state index contributed by atoms with van der Waals surface area (Å²) in [6, 6.07) is 11.2. The van der Waals surface area contributed by atoms with Crippen molar-refractivity contribution in [2.24, 2.45) is 0 Å². The van der Waals surface area contributed by atoms with Crippen molar-refractivity contribution in [2.75, 3.05) is 0 Å². The number of aromatic carboxylic acids is 1. The van der Waals surface area contributed by atoms with Gasteiger partial charge < -0.3 is 14.3 Å². The van der Waals surface area contributed by atoms with Crippen LogP contribution in [-0.2, 0) is 0 Å². The van der Waals surface area contributed by atoms with E-state index in [4.69, 9.17) is 25.9 Å². The topological polar surface area (TPSA) is 72.6 Å². The second-order valence-electron chi connectivity index (χ2n) is 4.03. The van der Waals surface area contributed by atoms with Gasteiger partial charge in [0.15, 0.2) is 5.58 Å². The van der Waals surface area contributed by atoms with Crippen LogP contribution in [0.25, 0.3) is 11.1 Å². The van der Waals surface area contributed by atoms with Gasteiger partial charge in [-0.3, -0.25) is 0 Å². The van der Waals surface area contributed by atoms with Crippen molar-refractivity contribution in [1.82, 2.24) is 4.98 Å². The molecule has 2 aromatic carbocycles. The zero-order chi connectivity index (χ0) is 14.1. The summed E-state index contributed by atoms with van der Waals surface area (Å²) in [5.41, 5.74) is 0.997. The van der Waals surface area contributed by atoms with Crippen LogP contribution >= 0.6 is 11.6 Å². The third-order valence-corrected chi connectivity index (χ3v) is 2.85. The van der Waals surface area contributed by atoms with Crippen molar-refractivity contribution in [1.29, 1.82) is 0 Å². The van der Waals surface area contributed by atoms with E-state index in [0.29, 0.717) is 21.9 Å². The molecule has 0 spiro atoms. The average Bonchev–Trinajstić information content (AvgIpc) is 2.79. The normalized spacial score (nSPS) is 10.7. The molecule has 0 amide bonds. The fourth-order valence-electron chi connectivity index (χ4n) is 1.71. The van der Waals surface area contributed by atoms with Gasteiger partial charge in [-0.25, -0.2) is 4.79 Å². The predicted molar refractivity (Wildman–Crippen MR) is 72.5 cm³/mol. The molecule has 1 heterocycles. The molecule has 0 bridgehead atoms. The Kier molecular flexibility index (Phi) is 3.04. The third kappa shape index (κ3) is 2.44. The number of aromatic nitrogens is 1. The maximum atomic E-state index is 10.9. The molecule has 0 saturated carbocycles. The Morgan fingerprint density at radius 1 is 1.25 bits per heavy atom. The minimum Gasteiger partial charge on any atom is -0.478 e. The molecular weight excluding hydrogens is 282 g/mol. The molecule has 0 aliphatic rings. The SMILES string of the molecule is O=C(O)c1ccc2nc(Oc3cccc(Cl)c3)oc2c1. The Labute approximate surface area is 118 Å². The molecular formula is C14H8ClNO4. The molecule has 100 valence electrons. The van der Waals surface area contributed by atoms with Gasteiger partial charge in [-0.05, 0) is 36.4 Å². The van der Waals surface area contributed by atoms with Gasteiger partial charge in [0.1, 0.15) is 11.3 Å². The Bertz CT molecular complexity index is 797. The number of carboxylic acids is 1.